The van der Waals surface area contributed by atoms with Gasteiger partial charge in [-0.1, -0.05) is 140 Å². The SMILES string of the molecule is c1ccc(-c2ccc3oc4cccc(-c5nc(-c6ccccc6)nc(-c6cccc7c6sc6c(-c8ccccc8)cccc67)n5)c4c3c2)cc1. The minimum Gasteiger partial charge on any atom is -0.456 e. The van der Waals surface area contributed by atoms with Crippen LogP contribution in [0.3, 0.4) is 0 Å². The van der Waals surface area contributed by atoms with E-state index in [0.717, 1.165) is 54.5 Å². The molecule has 0 atom stereocenters. The van der Waals surface area contributed by atoms with Gasteiger partial charge in [-0.15, -0.1) is 11.3 Å². The molecule has 4 nitrogen and oxygen atoms in total. The largest absolute Gasteiger partial charge is 0.456 e. The number of hydrogen-bond acceptors (Lipinski definition) is 5. The molecule has 50 heavy (non-hydrogen) atoms. The Morgan fingerprint density at radius 3 is 1.64 bits per heavy atom. The third-order valence-electron chi connectivity index (χ3n) is 9.36. The van der Waals surface area contributed by atoms with E-state index in [4.69, 9.17) is 19.4 Å². The fourth-order valence-corrected chi connectivity index (χ4v) is 8.34. The maximum atomic E-state index is 6.40. The number of hydrogen-bond donors (Lipinski definition) is 0. The molecular formula is C45H27N3OS. The van der Waals surface area contributed by atoms with Gasteiger partial charge in [-0.3, -0.25) is 0 Å². The van der Waals surface area contributed by atoms with Gasteiger partial charge in [0.2, 0.25) is 0 Å². The predicted molar refractivity (Wildman–Crippen MR) is 207 cm³/mol. The van der Waals surface area contributed by atoms with Crippen LogP contribution in [0.1, 0.15) is 0 Å². The number of fused-ring (bicyclic) bond motifs is 6. The highest BCUT2D eigenvalue weighted by Crippen LogP contribution is 2.44. The third kappa shape index (κ3) is 4.71. The van der Waals surface area contributed by atoms with Crippen LogP contribution in [-0.4, -0.2) is 15.0 Å². The Morgan fingerprint density at radius 1 is 0.360 bits per heavy atom. The molecule has 0 saturated carbocycles. The number of furan rings is 1. The molecule has 10 rings (SSSR count). The van der Waals surface area contributed by atoms with Crippen LogP contribution < -0.4 is 0 Å². The highest BCUT2D eigenvalue weighted by molar-refractivity contribution is 7.26. The van der Waals surface area contributed by atoms with Crippen molar-refractivity contribution in [1.82, 2.24) is 15.0 Å². The minimum absolute atomic E-state index is 0.607. The summed E-state index contributed by atoms with van der Waals surface area (Å²) in [6.07, 6.45) is 0. The maximum Gasteiger partial charge on any atom is 0.165 e. The Bertz CT molecular complexity index is 2860. The van der Waals surface area contributed by atoms with Crippen LogP contribution in [-0.2, 0) is 0 Å². The van der Waals surface area contributed by atoms with E-state index in [1.165, 1.54) is 26.6 Å². The van der Waals surface area contributed by atoms with Crippen LogP contribution in [0.15, 0.2) is 168 Å². The molecule has 0 aliphatic rings. The van der Waals surface area contributed by atoms with Crippen molar-refractivity contribution in [1.29, 1.82) is 0 Å². The molecule has 0 spiro atoms. The lowest BCUT2D eigenvalue weighted by molar-refractivity contribution is 0.669. The maximum absolute atomic E-state index is 6.40. The molecule has 3 aromatic heterocycles. The molecule has 234 valence electrons. The van der Waals surface area contributed by atoms with Crippen LogP contribution in [0.4, 0.5) is 0 Å². The fourth-order valence-electron chi connectivity index (χ4n) is 7.00. The van der Waals surface area contributed by atoms with Crippen molar-refractivity contribution >= 4 is 53.4 Å². The average Bonchev–Trinajstić information content (AvgIpc) is 3.77. The number of benzene rings is 7. The predicted octanol–water partition coefficient (Wildman–Crippen LogP) is 12.5. The first kappa shape index (κ1) is 28.6. The summed E-state index contributed by atoms with van der Waals surface area (Å²) in [5.41, 5.74) is 9.16. The first-order valence-corrected chi connectivity index (χ1v) is 17.4. The molecule has 0 saturated heterocycles. The summed E-state index contributed by atoms with van der Waals surface area (Å²) in [6, 6.07) is 56.7. The van der Waals surface area contributed by atoms with E-state index in [1.807, 2.05) is 36.4 Å². The quantitative estimate of drug-likeness (QED) is 0.185. The van der Waals surface area contributed by atoms with E-state index < -0.39 is 0 Å². The fraction of sp³-hybridized carbons (Fsp3) is 0. The Labute approximate surface area is 292 Å². The number of rotatable bonds is 5. The van der Waals surface area contributed by atoms with E-state index in [-0.39, 0.29) is 0 Å². The van der Waals surface area contributed by atoms with Crippen molar-refractivity contribution < 1.29 is 4.42 Å². The molecule has 5 heteroatoms. The van der Waals surface area contributed by atoms with Crippen LogP contribution >= 0.6 is 11.3 Å². The Morgan fingerprint density at radius 2 is 0.920 bits per heavy atom. The first-order chi connectivity index (χ1) is 24.8. The van der Waals surface area contributed by atoms with Crippen molar-refractivity contribution in [3.05, 3.63) is 164 Å². The van der Waals surface area contributed by atoms with E-state index in [9.17, 15) is 0 Å². The third-order valence-corrected chi connectivity index (χ3v) is 10.6. The number of thiophene rings is 1. The molecule has 0 bridgehead atoms. The van der Waals surface area contributed by atoms with Gasteiger partial charge in [-0.2, -0.15) is 0 Å². The summed E-state index contributed by atoms with van der Waals surface area (Å²) >= 11 is 1.80. The molecule has 10 aromatic rings. The van der Waals surface area contributed by atoms with Gasteiger partial charge in [0.15, 0.2) is 17.5 Å². The van der Waals surface area contributed by atoms with Gasteiger partial charge in [0.1, 0.15) is 11.2 Å². The lowest BCUT2D eigenvalue weighted by Gasteiger charge is -2.10. The Kier molecular flexibility index (Phi) is 6.64. The zero-order valence-electron chi connectivity index (χ0n) is 26.7. The molecule has 0 unspecified atom stereocenters. The van der Waals surface area contributed by atoms with Gasteiger partial charge in [0.25, 0.3) is 0 Å². The first-order valence-electron chi connectivity index (χ1n) is 16.6. The van der Waals surface area contributed by atoms with Gasteiger partial charge in [0, 0.05) is 47.6 Å². The van der Waals surface area contributed by atoms with Crippen LogP contribution in [0.25, 0.3) is 98.5 Å². The van der Waals surface area contributed by atoms with E-state index in [2.05, 4.69) is 127 Å². The van der Waals surface area contributed by atoms with Crippen molar-refractivity contribution in [3.63, 3.8) is 0 Å². The lowest BCUT2D eigenvalue weighted by Crippen LogP contribution is -2.00. The summed E-state index contributed by atoms with van der Waals surface area (Å²) in [4.78, 5) is 15.5. The highest BCUT2D eigenvalue weighted by Gasteiger charge is 2.20. The molecule has 0 aliphatic heterocycles. The monoisotopic (exact) mass is 657 g/mol. The average molecular weight is 658 g/mol. The normalized spacial score (nSPS) is 11.6. The number of nitrogens with zero attached hydrogens (tertiary/aromatic N) is 3. The molecular weight excluding hydrogens is 631 g/mol. The molecule has 0 radical (unpaired) electrons. The topological polar surface area (TPSA) is 51.8 Å². The summed E-state index contributed by atoms with van der Waals surface area (Å²) < 4.78 is 8.81. The van der Waals surface area contributed by atoms with Gasteiger partial charge >= 0.3 is 0 Å². The number of aromatic nitrogens is 3. The molecule has 0 aliphatic carbocycles. The zero-order valence-corrected chi connectivity index (χ0v) is 27.6. The van der Waals surface area contributed by atoms with E-state index >= 15 is 0 Å². The molecule has 0 N–H and O–H groups in total. The Hall–Kier alpha value is -6.43. The van der Waals surface area contributed by atoms with Gasteiger partial charge in [-0.05, 0) is 46.5 Å². The van der Waals surface area contributed by atoms with E-state index in [0.29, 0.717) is 17.5 Å². The second-order valence-electron chi connectivity index (χ2n) is 12.4. The van der Waals surface area contributed by atoms with Crippen LogP contribution in [0.2, 0.25) is 0 Å². The summed E-state index contributed by atoms with van der Waals surface area (Å²) in [5, 5.41) is 4.44. The van der Waals surface area contributed by atoms with Crippen molar-refractivity contribution in [2.75, 3.05) is 0 Å². The summed E-state index contributed by atoms with van der Waals surface area (Å²) in [6.45, 7) is 0. The van der Waals surface area contributed by atoms with Crippen LogP contribution in [0, 0.1) is 0 Å². The van der Waals surface area contributed by atoms with Gasteiger partial charge < -0.3 is 4.42 Å². The highest BCUT2D eigenvalue weighted by atomic mass is 32.1. The van der Waals surface area contributed by atoms with Crippen molar-refractivity contribution in [2.24, 2.45) is 0 Å². The summed E-state index contributed by atoms with van der Waals surface area (Å²) in [7, 11) is 0. The second kappa shape index (κ2) is 11.6. The molecule has 0 fully saturated rings. The van der Waals surface area contributed by atoms with Gasteiger partial charge in [-0.25, -0.2) is 15.0 Å². The lowest BCUT2D eigenvalue weighted by atomic mass is 10.0. The molecule has 0 amide bonds. The van der Waals surface area contributed by atoms with Crippen molar-refractivity contribution in [3.8, 4) is 56.4 Å². The Balaban J connectivity index is 1.22. The molecule has 3 heterocycles. The smallest absolute Gasteiger partial charge is 0.165 e. The molecule has 7 aromatic carbocycles. The zero-order chi connectivity index (χ0) is 33.0. The summed E-state index contributed by atoms with van der Waals surface area (Å²) in [5.74, 6) is 1.88. The van der Waals surface area contributed by atoms with Crippen molar-refractivity contribution in [2.45, 2.75) is 0 Å². The second-order valence-corrected chi connectivity index (χ2v) is 13.4. The van der Waals surface area contributed by atoms with Crippen LogP contribution in [0.5, 0.6) is 0 Å². The standard InChI is InChI=1S/C45H27N3OS/c1-4-13-28(14-5-1)31-25-26-38-37(27-31)40-35(22-12-24-39(40)49-38)44-46-43(30-17-8-3-9-18-30)47-45(48-44)36-23-11-21-34-33-20-10-19-32(41(33)50-42(34)36)29-15-6-2-7-16-29/h1-27H. The van der Waals surface area contributed by atoms with Gasteiger partial charge in [0.05, 0.1) is 0 Å². The minimum atomic E-state index is 0.607. The van der Waals surface area contributed by atoms with E-state index in [1.54, 1.807) is 11.3 Å².